The molecule has 11 rings (SSSR count). The maximum Gasteiger partial charge on any atom is 0.0540 e. The van der Waals surface area contributed by atoms with Crippen molar-refractivity contribution in [2.45, 2.75) is 45.4 Å². The van der Waals surface area contributed by atoms with E-state index < -0.39 is 0 Å². The summed E-state index contributed by atoms with van der Waals surface area (Å²) in [6.45, 7) is 11.8. The Kier molecular flexibility index (Phi) is 7.53. The highest BCUT2D eigenvalue weighted by atomic mass is 15.1. The lowest BCUT2D eigenvalue weighted by Crippen LogP contribution is -2.18. The number of nitrogens with zero attached hydrogens (tertiary/aromatic N) is 1. The van der Waals surface area contributed by atoms with E-state index in [4.69, 9.17) is 0 Å². The van der Waals surface area contributed by atoms with Crippen LogP contribution < -0.4 is 4.90 Å². The average Bonchev–Trinajstić information content (AvgIpc) is 3.63. The minimum atomic E-state index is -0.130. The van der Waals surface area contributed by atoms with Crippen LogP contribution in [0.2, 0.25) is 0 Å². The van der Waals surface area contributed by atoms with E-state index in [0.717, 1.165) is 17.1 Å². The summed E-state index contributed by atoms with van der Waals surface area (Å²) in [6, 6.07) is 68.3. The van der Waals surface area contributed by atoms with Gasteiger partial charge in [-0.05, 0) is 138 Å². The molecule has 278 valence electrons. The number of hydrogen-bond donors (Lipinski definition) is 0. The molecule has 9 aromatic rings. The summed E-state index contributed by atoms with van der Waals surface area (Å²) in [5, 5.41) is 5.08. The molecule has 0 unspecified atom stereocenters. The first kappa shape index (κ1) is 34.5. The van der Waals surface area contributed by atoms with E-state index in [1.54, 1.807) is 0 Å². The second kappa shape index (κ2) is 12.7. The molecule has 0 saturated carbocycles. The predicted octanol–water partition coefficient (Wildman–Crippen LogP) is 15.7. The molecule has 9 aromatic carbocycles. The fraction of sp³-hybridized carbons (Fsp3) is 0.123. The Morgan fingerprint density at radius 3 is 1.47 bits per heavy atom. The molecule has 0 radical (unpaired) electrons. The predicted molar refractivity (Wildman–Crippen MR) is 247 cm³/mol. The Hall–Kier alpha value is -6.70. The largest absolute Gasteiger partial charge is 0.310 e. The summed E-state index contributed by atoms with van der Waals surface area (Å²) in [6.07, 6.45) is 0. The van der Waals surface area contributed by atoms with Gasteiger partial charge in [-0.15, -0.1) is 0 Å². The molecule has 0 heterocycles. The molecule has 58 heavy (non-hydrogen) atoms. The number of rotatable bonds is 5. The third-order valence-corrected chi connectivity index (χ3v) is 13.4. The second-order valence-electron chi connectivity index (χ2n) is 17.4. The molecule has 0 aromatic heterocycles. The van der Waals surface area contributed by atoms with Crippen LogP contribution in [-0.4, -0.2) is 0 Å². The lowest BCUT2D eigenvalue weighted by Gasteiger charge is -2.31. The first-order chi connectivity index (χ1) is 28.2. The number of anilines is 3. The van der Waals surface area contributed by atoms with Gasteiger partial charge < -0.3 is 4.90 Å². The molecule has 0 atom stereocenters. The van der Waals surface area contributed by atoms with Gasteiger partial charge in [0.05, 0.1) is 5.69 Å². The Morgan fingerprint density at radius 1 is 0.345 bits per heavy atom. The van der Waals surface area contributed by atoms with Gasteiger partial charge in [-0.1, -0.05) is 167 Å². The Balaban J connectivity index is 1.18. The van der Waals surface area contributed by atoms with Crippen LogP contribution in [0.4, 0.5) is 17.1 Å². The highest BCUT2D eigenvalue weighted by Crippen LogP contribution is 2.54. The van der Waals surface area contributed by atoms with Gasteiger partial charge in [-0.2, -0.15) is 0 Å². The summed E-state index contributed by atoms with van der Waals surface area (Å²) >= 11 is 0. The average molecular weight is 744 g/mol. The van der Waals surface area contributed by atoms with Crippen molar-refractivity contribution in [3.63, 3.8) is 0 Å². The molecule has 0 bridgehead atoms. The van der Waals surface area contributed by atoms with Crippen molar-refractivity contribution in [2.24, 2.45) is 0 Å². The standard InChI is InChI=1S/C57H45N/c1-36-16-6-8-18-41(36)50-33-38(49-32-37-17-7-9-19-42(37)43-20-10-11-21-44(43)49)26-31-55(50)58(39-27-29-47-45-22-12-14-24-51(45)56(2,3)53(47)34-39)40-28-30-48-46-23-13-15-25-52(46)57(4,5)54(48)35-40/h6-35H,1-5H3. The van der Waals surface area contributed by atoms with E-state index in [1.807, 2.05) is 0 Å². The second-order valence-corrected chi connectivity index (χ2v) is 17.4. The van der Waals surface area contributed by atoms with Gasteiger partial charge in [0.2, 0.25) is 0 Å². The highest BCUT2D eigenvalue weighted by Gasteiger charge is 2.38. The van der Waals surface area contributed by atoms with E-state index in [1.165, 1.54) is 93.9 Å². The normalized spacial score (nSPS) is 14.2. The molecule has 1 nitrogen and oxygen atoms in total. The smallest absolute Gasteiger partial charge is 0.0540 e. The molecule has 0 N–H and O–H groups in total. The fourth-order valence-electron chi connectivity index (χ4n) is 10.4. The van der Waals surface area contributed by atoms with Crippen molar-refractivity contribution >= 4 is 38.6 Å². The van der Waals surface area contributed by atoms with Crippen molar-refractivity contribution < 1.29 is 0 Å². The van der Waals surface area contributed by atoms with Crippen molar-refractivity contribution in [1.29, 1.82) is 0 Å². The van der Waals surface area contributed by atoms with Gasteiger partial charge >= 0.3 is 0 Å². The highest BCUT2D eigenvalue weighted by molar-refractivity contribution is 6.14. The lowest BCUT2D eigenvalue weighted by molar-refractivity contribution is 0.660. The van der Waals surface area contributed by atoms with Crippen LogP contribution in [0.25, 0.3) is 66.1 Å². The van der Waals surface area contributed by atoms with E-state index in [0.29, 0.717) is 0 Å². The van der Waals surface area contributed by atoms with Gasteiger partial charge in [0.25, 0.3) is 0 Å². The monoisotopic (exact) mass is 743 g/mol. The molecule has 0 saturated heterocycles. The van der Waals surface area contributed by atoms with Gasteiger partial charge in [-0.25, -0.2) is 0 Å². The first-order valence-corrected chi connectivity index (χ1v) is 20.6. The van der Waals surface area contributed by atoms with Crippen LogP contribution in [0, 0.1) is 6.92 Å². The van der Waals surface area contributed by atoms with Crippen molar-refractivity contribution in [1.82, 2.24) is 0 Å². The minimum Gasteiger partial charge on any atom is -0.310 e. The Labute approximate surface area is 341 Å². The summed E-state index contributed by atoms with van der Waals surface area (Å²) in [5.41, 5.74) is 20.2. The van der Waals surface area contributed by atoms with Gasteiger partial charge in [0.15, 0.2) is 0 Å². The molecule has 1 heteroatoms. The molecule has 2 aliphatic rings. The fourth-order valence-corrected chi connectivity index (χ4v) is 10.4. The quantitative estimate of drug-likeness (QED) is 0.159. The number of benzene rings is 9. The molecular weight excluding hydrogens is 699 g/mol. The van der Waals surface area contributed by atoms with Gasteiger partial charge in [-0.3, -0.25) is 0 Å². The van der Waals surface area contributed by atoms with Crippen molar-refractivity contribution in [2.75, 3.05) is 4.90 Å². The number of aryl methyl sites for hydroxylation is 1. The van der Waals surface area contributed by atoms with E-state index in [-0.39, 0.29) is 10.8 Å². The molecule has 0 amide bonds. The Morgan fingerprint density at radius 2 is 0.845 bits per heavy atom. The summed E-state index contributed by atoms with van der Waals surface area (Å²) in [5.74, 6) is 0. The third kappa shape index (κ3) is 5.02. The van der Waals surface area contributed by atoms with E-state index in [9.17, 15) is 0 Å². The Bertz CT molecular complexity index is 3030. The van der Waals surface area contributed by atoms with E-state index >= 15 is 0 Å². The molecule has 0 spiro atoms. The summed E-state index contributed by atoms with van der Waals surface area (Å²) in [4.78, 5) is 2.53. The van der Waals surface area contributed by atoms with Crippen LogP contribution in [-0.2, 0) is 10.8 Å². The zero-order valence-electron chi connectivity index (χ0n) is 33.8. The van der Waals surface area contributed by atoms with Crippen LogP contribution in [0.3, 0.4) is 0 Å². The maximum absolute atomic E-state index is 2.53. The first-order valence-electron chi connectivity index (χ1n) is 20.6. The molecule has 0 fully saturated rings. The summed E-state index contributed by atoms with van der Waals surface area (Å²) in [7, 11) is 0. The third-order valence-electron chi connectivity index (χ3n) is 13.4. The molecule has 2 aliphatic carbocycles. The SMILES string of the molecule is Cc1ccccc1-c1cc(-c2cc3ccccc3c3ccccc23)ccc1N(c1ccc2c(c1)C(C)(C)c1ccccc1-2)c1ccc2c(c1)C(C)(C)c1ccccc1-2. The van der Waals surface area contributed by atoms with Crippen molar-refractivity contribution in [3.8, 4) is 44.5 Å². The van der Waals surface area contributed by atoms with Crippen LogP contribution >= 0.6 is 0 Å². The summed E-state index contributed by atoms with van der Waals surface area (Å²) < 4.78 is 0. The number of hydrogen-bond acceptors (Lipinski definition) is 1. The molecule has 0 aliphatic heterocycles. The van der Waals surface area contributed by atoms with Crippen LogP contribution in [0.1, 0.15) is 55.5 Å². The lowest BCUT2D eigenvalue weighted by atomic mass is 9.82. The van der Waals surface area contributed by atoms with E-state index in [2.05, 4.69) is 222 Å². The number of fused-ring (bicyclic) bond motifs is 9. The van der Waals surface area contributed by atoms with Gasteiger partial charge in [0, 0.05) is 27.8 Å². The van der Waals surface area contributed by atoms with Gasteiger partial charge in [0.1, 0.15) is 0 Å². The van der Waals surface area contributed by atoms with Crippen LogP contribution in [0.15, 0.2) is 182 Å². The van der Waals surface area contributed by atoms with Crippen LogP contribution in [0.5, 0.6) is 0 Å². The van der Waals surface area contributed by atoms with Crippen molar-refractivity contribution in [3.05, 3.63) is 210 Å². The zero-order valence-corrected chi connectivity index (χ0v) is 33.8. The maximum atomic E-state index is 2.53. The minimum absolute atomic E-state index is 0.130. The topological polar surface area (TPSA) is 3.24 Å². The zero-order chi connectivity index (χ0) is 39.3. The molecular formula is C57H45N.